The lowest BCUT2D eigenvalue weighted by Crippen LogP contribution is -2.19. The largest absolute Gasteiger partial charge is 0.339 e. The van der Waals surface area contributed by atoms with Crippen molar-refractivity contribution >= 4 is 0 Å². The molecule has 1 N–H and O–H groups in total. The summed E-state index contributed by atoms with van der Waals surface area (Å²) in [5.41, 5.74) is 1.62. The fourth-order valence-corrected chi connectivity index (χ4v) is 2.01. The summed E-state index contributed by atoms with van der Waals surface area (Å²) < 4.78 is 18.3. The number of halogens is 1. The molecule has 0 aliphatic heterocycles. The lowest BCUT2D eigenvalue weighted by molar-refractivity contribution is 0.376. The van der Waals surface area contributed by atoms with E-state index in [0.29, 0.717) is 17.8 Å². The summed E-state index contributed by atoms with van der Waals surface area (Å²) in [5.74, 6) is 0.893. The number of benzene rings is 1. The minimum absolute atomic E-state index is 0.251. The van der Waals surface area contributed by atoms with E-state index in [4.69, 9.17) is 4.52 Å². The fourth-order valence-electron chi connectivity index (χ4n) is 2.01. The first kappa shape index (κ1) is 12.3. The van der Waals surface area contributed by atoms with Gasteiger partial charge in [0.15, 0.2) is 0 Å². The summed E-state index contributed by atoms with van der Waals surface area (Å²) in [6.07, 6.45) is 3.26. The molecule has 1 aromatic heterocycles. The molecule has 1 fully saturated rings. The predicted octanol–water partition coefficient (Wildman–Crippen LogP) is 2.48. The topological polar surface area (TPSA) is 51.0 Å². The van der Waals surface area contributed by atoms with Gasteiger partial charge in [0.1, 0.15) is 5.82 Å². The van der Waals surface area contributed by atoms with E-state index in [9.17, 15) is 4.39 Å². The molecule has 0 spiro atoms. The average Bonchev–Trinajstić information content (AvgIpc) is 3.07. The molecule has 2 aromatic rings. The number of hydrogen-bond acceptors (Lipinski definition) is 4. The molecule has 0 unspecified atom stereocenters. The Labute approximate surface area is 111 Å². The molecule has 0 saturated heterocycles. The summed E-state index contributed by atoms with van der Waals surface area (Å²) in [4.78, 5) is 4.35. The van der Waals surface area contributed by atoms with Gasteiger partial charge in [-0.15, -0.1) is 0 Å². The highest BCUT2D eigenvalue weighted by Crippen LogP contribution is 2.21. The fraction of sp³-hybridized carbons (Fsp3) is 0.429. The van der Waals surface area contributed by atoms with Crippen molar-refractivity contribution in [3.05, 3.63) is 35.5 Å². The van der Waals surface area contributed by atoms with Crippen molar-refractivity contribution in [1.82, 2.24) is 15.5 Å². The van der Waals surface area contributed by atoms with E-state index >= 15 is 0 Å². The molecule has 1 aliphatic carbocycles. The zero-order valence-corrected chi connectivity index (χ0v) is 10.8. The van der Waals surface area contributed by atoms with Crippen LogP contribution in [0.2, 0.25) is 0 Å². The maximum atomic E-state index is 13.0. The van der Waals surface area contributed by atoms with Crippen molar-refractivity contribution in [3.8, 4) is 11.4 Å². The molecule has 19 heavy (non-hydrogen) atoms. The first-order chi connectivity index (χ1) is 9.22. The Morgan fingerprint density at radius 1 is 1.42 bits per heavy atom. The van der Waals surface area contributed by atoms with Gasteiger partial charge in [-0.05, 0) is 43.5 Å². The zero-order valence-electron chi connectivity index (χ0n) is 10.8. The van der Waals surface area contributed by atoms with Crippen molar-refractivity contribution in [2.24, 2.45) is 0 Å². The number of aromatic nitrogens is 2. The van der Waals surface area contributed by atoms with Crippen LogP contribution in [0.3, 0.4) is 0 Å². The molecule has 1 heterocycles. The molecule has 0 bridgehead atoms. The summed E-state index contributed by atoms with van der Waals surface area (Å²) in [6.45, 7) is 2.69. The van der Waals surface area contributed by atoms with Gasteiger partial charge in [-0.2, -0.15) is 4.98 Å². The number of nitrogens with zero attached hydrogens (tertiary/aromatic N) is 2. The Morgan fingerprint density at radius 2 is 2.26 bits per heavy atom. The van der Waals surface area contributed by atoms with E-state index in [0.717, 1.165) is 24.1 Å². The van der Waals surface area contributed by atoms with Crippen molar-refractivity contribution in [1.29, 1.82) is 0 Å². The van der Waals surface area contributed by atoms with E-state index in [1.165, 1.54) is 25.0 Å². The highest BCUT2D eigenvalue weighted by Gasteiger charge is 2.20. The van der Waals surface area contributed by atoms with E-state index < -0.39 is 0 Å². The van der Waals surface area contributed by atoms with E-state index in [-0.39, 0.29) is 5.82 Å². The van der Waals surface area contributed by atoms with Crippen LogP contribution in [-0.2, 0) is 6.42 Å². The van der Waals surface area contributed by atoms with Crippen LogP contribution in [0, 0.1) is 12.7 Å². The Bertz CT molecular complexity index is 578. The zero-order chi connectivity index (χ0) is 13.2. The minimum Gasteiger partial charge on any atom is -0.339 e. The first-order valence-electron chi connectivity index (χ1n) is 6.55. The van der Waals surface area contributed by atoms with Gasteiger partial charge in [0.05, 0.1) is 0 Å². The maximum Gasteiger partial charge on any atom is 0.228 e. The third-order valence-corrected chi connectivity index (χ3v) is 3.25. The monoisotopic (exact) mass is 261 g/mol. The molecular weight excluding hydrogens is 245 g/mol. The van der Waals surface area contributed by atoms with Crippen LogP contribution < -0.4 is 5.32 Å². The van der Waals surface area contributed by atoms with Gasteiger partial charge >= 0.3 is 0 Å². The predicted molar refractivity (Wildman–Crippen MR) is 69.2 cm³/mol. The molecule has 100 valence electrons. The van der Waals surface area contributed by atoms with Crippen molar-refractivity contribution < 1.29 is 8.91 Å². The van der Waals surface area contributed by atoms with Gasteiger partial charge in [0.25, 0.3) is 0 Å². The summed E-state index contributed by atoms with van der Waals surface area (Å²) in [7, 11) is 0. The summed E-state index contributed by atoms with van der Waals surface area (Å²) in [5, 5.41) is 7.35. The van der Waals surface area contributed by atoms with Gasteiger partial charge in [0.2, 0.25) is 11.7 Å². The summed E-state index contributed by atoms with van der Waals surface area (Å²) in [6, 6.07) is 5.25. The van der Waals surface area contributed by atoms with Gasteiger partial charge in [-0.25, -0.2) is 4.39 Å². The number of nitrogens with one attached hydrogen (secondary N) is 1. The second kappa shape index (κ2) is 5.09. The van der Waals surface area contributed by atoms with Crippen molar-refractivity contribution in [3.63, 3.8) is 0 Å². The van der Waals surface area contributed by atoms with Crippen molar-refractivity contribution in [2.45, 2.75) is 32.2 Å². The number of hydrogen-bond donors (Lipinski definition) is 1. The second-order valence-electron chi connectivity index (χ2n) is 4.95. The molecule has 0 radical (unpaired) electrons. The Kier molecular flexibility index (Phi) is 3.29. The van der Waals surface area contributed by atoms with Gasteiger partial charge in [-0.1, -0.05) is 5.16 Å². The van der Waals surface area contributed by atoms with Crippen LogP contribution in [0.25, 0.3) is 11.4 Å². The number of aryl methyl sites for hydroxylation is 1. The van der Waals surface area contributed by atoms with Gasteiger partial charge in [0, 0.05) is 24.6 Å². The SMILES string of the molecule is Cc1cc(F)ccc1-c1noc(CCNC2CC2)n1. The van der Waals surface area contributed by atoms with E-state index in [1.807, 2.05) is 6.92 Å². The molecule has 4 nitrogen and oxygen atoms in total. The Hall–Kier alpha value is -1.75. The second-order valence-corrected chi connectivity index (χ2v) is 4.95. The van der Waals surface area contributed by atoms with Gasteiger partial charge < -0.3 is 9.84 Å². The molecule has 3 rings (SSSR count). The lowest BCUT2D eigenvalue weighted by atomic mass is 10.1. The van der Waals surface area contributed by atoms with Crippen molar-refractivity contribution in [2.75, 3.05) is 6.54 Å². The smallest absolute Gasteiger partial charge is 0.228 e. The standard InChI is InChI=1S/C14H16FN3O/c1-9-8-10(15)2-5-12(9)14-17-13(19-18-14)6-7-16-11-3-4-11/h2,5,8,11,16H,3-4,6-7H2,1H3. The highest BCUT2D eigenvalue weighted by atomic mass is 19.1. The van der Waals surface area contributed by atoms with Crippen LogP contribution in [0.4, 0.5) is 4.39 Å². The molecule has 0 atom stereocenters. The van der Waals surface area contributed by atoms with Crippen LogP contribution in [-0.4, -0.2) is 22.7 Å². The molecule has 1 saturated carbocycles. The lowest BCUT2D eigenvalue weighted by Gasteiger charge is -2.00. The molecular formula is C14H16FN3O. The first-order valence-corrected chi connectivity index (χ1v) is 6.55. The van der Waals surface area contributed by atoms with Crippen LogP contribution >= 0.6 is 0 Å². The molecule has 1 aromatic carbocycles. The Balaban J connectivity index is 1.68. The van der Waals surface area contributed by atoms with Crippen LogP contribution in [0.15, 0.2) is 22.7 Å². The quantitative estimate of drug-likeness (QED) is 0.898. The third kappa shape index (κ3) is 2.98. The third-order valence-electron chi connectivity index (χ3n) is 3.25. The minimum atomic E-state index is -0.251. The molecule has 1 aliphatic rings. The molecule has 5 heteroatoms. The maximum absolute atomic E-state index is 13.0. The summed E-state index contributed by atoms with van der Waals surface area (Å²) >= 11 is 0. The molecule has 0 amide bonds. The Morgan fingerprint density at radius 3 is 3.00 bits per heavy atom. The number of rotatable bonds is 5. The van der Waals surface area contributed by atoms with E-state index in [1.54, 1.807) is 6.07 Å². The van der Waals surface area contributed by atoms with Crippen LogP contribution in [0.5, 0.6) is 0 Å². The van der Waals surface area contributed by atoms with E-state index in [2.05, 4.69) is 15.5 Å². The van der Waals surface area contributed by atoms with Crippen LogP contribution in [0.1, 0.15) is 24.3 Å². The van der Waals surface area contributed by atoms with Gasteiger partial charge in [-0.3, -0.25) is 0 Å². The average molecular weight is 261 g/mol. The normalized spacial score (nSPS) is 14.8. The highest BCUT2D eigenvalue weighted by molar-refractivity contribution is 5.59.